The number of thiazole rings is 1. The van der Waals surface area contributed by atoms with Crippen molar-refractivity contribution in [1.82, 2.24) is 29.7 Å². The molecule has 0 atom stereocenters. The van der Waals surface area contributed by atoms with Crippen molar-refractivity contribution in [2.24, 2.45) is 7.05 Å². The van der Waals surface area contributed by atoms with Crippen LogP contribution in [0.25, 0.3) is 44.0 Å². The van der Waals surface area contributed by atoms with Crippen molar-refractivity contribution in [3.63, 3.8) is 0 Å². The Hall–Kier alpha value is -3.10. The van der Waals surface area contributed by atoms with Crippen molar-refractivity contribution in [3.05, 3.63) is 57.4 Å². The van der Waals surface area contributed by atoms with Gasteiger partial charge in [-0.05, 0) is 24.3 Å². The van der Waals surface area contributed by atoms with Gasteiger partial charge in [0, 0.05) is 24.9 Å². The van der Waals surface area contributed by atoms with E-state index in [2.05, 4.69) is 20.1 Å². The fourth-order valence-corrected chi connectivity index (χ4v) is 4.02. The van der Waals surface area contributed by atoms with Crippen LogP contribution in [-0.2, 0) is 7.05 Å². The molecule has 0 saturated heterocycles. The van der Waals surface area contributed by atoms with Gasteiger partial charge in [-0.1, -0.05) is 11.6 Å². The Morgan fingerprint density at radius 3 is 2.85 bits per heavy atom. The number of aryl methyl sites for hydroxylation is 1. The van der Waals surface area contributed by atoms with Crippen LogP contribution in [0.5, 0.6) is 0 Å². The molecule has 5 aromatic rings. The van der Waals surface area contributed by atoms with Crippen LogP contribution >= 0.6 is 22.9 Å². The van der Waals surface area contributed by atoms with Gasteiger partial charge in [-0.2, -0.15) is 5.10 Å². The molecule has 1 N–H and O–H groups in total. The predicted octanol–water partition coefficient (Wildman–Crippen LogP) is 3.65. The fourth-order valence-electron chi connectivity index (χ4n) is 2.95. The summed E-state index contributed by atoms with van der Waals surface area (Å²) in [6.45, 7) is 0. The summed E-state index contributed by atoms with van der Waals surface area (Å²) in [5.74, 6) is 0. The monoisotopic (exact) mass is 394 g/mol. The third-order valence-corrected chi connectivity index (χ3v) is 5.24. The quantitative estimate of drug-likeness (QED) is 0.493. The molecule has 4 heterocycles. The molecular weight excluding hydrogens is 384 g/mol. The summed E-state index contributed by atoms with van der Waals surface area (Å²) in [4.78, 5) is 28.1. The van der Waals surface area contributed by atoms with Gasteiger partial charge in [0.25, 0.3) is 0 Å². The molecule has 0 aliphatic rings. The van der Waals surface area contributed by atoms with Crippen LogP contribution in [0.15, 0.2) is 46.8 Å². The standard InChI is InChI=1S/C18H11ClN6OS/c1-25-5-4-11(24-25)17-15(21-12-2-3-14(26)22-18(12)23-17)9-6-10(19)16-13(7-9)27-8-20-16/h2-8H,1H3,(H,22,23,26). The van der Waals surface area contributed by atoms with Gasteiger partial charge in [-0.3, -0.25) is 9.48 Å². The highest BCUT2D eigenvalue weighted by atomic mass is 35.5. The number of nitrogens with zero attached hydrogens (tertiary/aromatic N) is 5. The van der Waals surface area contributed by atoms with Gasteiger partial charge < -0.3 is 4.98 Å². The maximum Gasteiger partial charge on any atom is 0.249 e. The Balaban J connectivity index is 1.85. The van der Waals surface area contributed by atoms with E-state index >= 15 is 0 Å². The van der Waals surface area contributed by atoms with Crippen LogP contribution in [0.4, 0.5) is 0 Å². The summed E-state index contributed by atoms with van der Waals surface area (Å²) in [5.41, 5.74) is 5.99. The number of benzene rings is 1. The molecule has 0 bridgehead atoms. The van der Waals surface area contributed by atoms with Crippen molar-refractivity contribution in [3.8, 4) is 22.6 Å². The highest BCUT2D eigenvalue weighted by molar-refractivity contribution is 7.16. The third kappa shape index (κ3) is 2.70. The fraction of sp³-hybridized carbons (Fsp3) is 0.0556. The molecule has 0 unspecified atom stereocenters. The van der Waals surface area contributed by atoms with Crippen molar-refractivity contribution in [2.75, 3.05) is 0 Å². The van der Waals surface area contributed by atoms with Crippen LogP contribution < -0.4 is 5.56 Å². The van der Waals surface area contributed by atoms with E-state index in [4.69, 9.17) is 16.6 Å². The first-order valence-corrected chi connectivity index (χ1v) is 9.28. The van der Waals surface area contributed by atoms with Crippen LogP contribution in [0.3, 0.4) is 0 Å². The second-order valence-corrected chi connectivity index (χ2v) is 7.30. The summed E-state index contributed by atoms with van der Waals surface area (Å²) >= 11 is 7.93. The second kappa shape index (κ2) is 5.97. The lowest BCUT2D eigenvalue weighted by molar-refractivity contribution is 0.770. The highest BCUT2D eigenvalue weighted by Crippen LogP contribution is 2.35. The van der Waals surface area contributed by atoms with Crippen LogP contribution in [0, 0.1) is 0 Å². The average molecular weight is 395 g/mol. The number of halogens is 1. The second-order valence-electron chi connectivity index (χ2n) is 6.01. The Kier molecular flexibility index (Phi) is 3.56. The summed E-state index contributed by atoms with van der Waals surface area (Å²) in [6.07, 6.45) is 1.83. The maximum atomic E-state index is 11.7. The van der Waals surface area contributed by atoms with E-state index in [1.807, 2.05) is 31.4 Å². The molecule has 0 saturated carbocycles. The summed E-state index contributed by atoms with van der Waals surface area (Å²) in [7, 11) is 1.83. The first-order chi connectivity index (χ1) is 13.1. The van der Waals surface area contributed by atoms with Gasteiger partial charge in [-0.15, -0.1) is 11.3 Å². The van der Waals surface area contributed by atoms with Crippen molar-refractivity contribution < 1.29 is 0 Å². The molecular formula is C18H11ClN6OS. The van der Waals surface area contributed by atoms with Gasteiger partial charge in [0.2, 0.25) is 5.56 Å². The lowest BCUT2D eigenvalue weighted by Gasteiger charge is -2.09. The van der Waals surface area contributed by atoms with E-state index in [-0.39, 0.29) is 5.56 Å². The largest absolute Gasteiger partial charge is 0.305 e. The number of fused-ring (bicyclic) bond motifs is 2. The first kappa shape index (κ1) is 16.1. The topological polar surface area (TPSA) is 89.4 Å². The Labute approximate surface area is 161 Å². The number of rotatable bonds is 2. The third-order valence-electron chi connectivity index (χ3n) is 4.18. The van der Waals surface area contributed by atoms with E-state index < -0.39 is 0 Å². The van der Waals surface area contributed by atoms with Crippen LogP contribution in [-0.4, -0.2) is 29.7 Å². The number of hydrogen-bond acceptors (Lipinski definition) is 6. The predicted molar refractivity (Wildman–Crippen MR) is 106 cm³/mol. The SMILES string of the molecule is Cn1ccc(-c2nc3[nH]c(=O)ccc3nc2-c2cc(Cl)c3ncsc3c2)n1. The number of hydrogen-bond donors (Lipinski definition) is 1. The van der Waals surface area contributed by atoms with Crippen molar-refractivity contribution in [2.45, 2.75) is 0 Å². The number of nitrogens with one attached hydrogen (secondary N) is 1. The normalized spacial score (nSPS) is 11.5. The van der Waals surface area contributed by atoms with Crippen molar-refractivity contribution >= 4 is 44.3 Å². The molecule has 0 fully saturated rings. The zero-order valence-corrected chi connectivity index (χ0v) is 15.5. The maximum absolute atomic E-state index is 11.7. The van der Waals surface area contributed by atoms with Crippen LogP contribution in [0.2, 0.25) is 5.02 Å². The Morgan fingerprint density at radius 1 is 1.15 bits per heavy atom. The van der Waals surface area contributed by atoms with Gasteiger partial charge in [0.05, 0.1) is 26.4 Å². The van der Waals surface area contributed by atoms with Gasteiger partial charge in [0.15, 0.2) is 5.65 Å². The van der Waals surface area contributed by atoms with Gasteiger partial charge in [0.1, 0.15) is 16.9 Å². The lowest BCUT2D eigenvalue weighted by Crippen LogP contribution is -2.06. The van der Waals surface area contributed by atoms with E-state index in [0.29, 0.717) is 33.3 Å². The molecule has 0 aliphatic heterocycles. The molecule has 9 heteroatoms. The molecule has 7 nitrogen and oxygen atoms in total. The summed E-state index contributed by atoms with van der Waals surface area (Å²) in [6, 6.07) is 8.76. The minimum Gasteiger partial charge on any atom is -0.305 e. The number of aromatic nitrogens is 6. The molecule has 0 aliphatic carbocycles. The molecule has 4 aromatic heterocycles. The highest BCUT2D eigenvalue weighted by Gasteiger charge is 2.17. The molecule has 0 spiro atoms. The van der Waals surface area contributed by atoms with Crippen LogP contribution in [0.1, 0.15) is 0 Å². The summed E-state index contributed by atoms with van der Waals surface area (Å²) < 4.78 is 2.66. The van der Waals surface area contributed by atoms with E-state index in [1.165, 1.54) is 17.4 Å². The minimum atomic E-state index is -0.231. The zero-order valence-electron chi connectivity index (χ0n) is 14.0. The van der Waals surface area contributed by atoms with E-state index in [0.717, 1.165) is 15.8 Å². The molecule has 1 aromatic carbocycles. The molecule has 0 radical (unpaired) electrons. The molecule has 5 rings (SSSR count). The lowest BCUT2D eigenvalue weighted by atomic mass is 10.1. The smallest absolute Gasteiger partial charge is 0.249 e. The Morgan fingerprint density at radius 2 is 2.04 bits per heavy atom. The Bertz CT molecular complexity index is 1390. The molecule has 132 valence electrons. The number of aromatic amines is 1. The average Bonchev–Trinajstić information content (AvgIpc) is 3.29. The van der Waals surface area contributed by atoms with Crippen molar-refractivity contribution in [1.29, 1.82) is 0 Å². The molecule has 27 heavy (non-hydrogen) atoms. The first-order valence-electron chi connectivity index (χ1n) is 8.03. The minimum absolute atomic E-state index is 0.231. The van der Waals surface area contributed by atoms with Gasteiger partial charge >= 0.3 is 0 Å². The number of H-pyrrole nitrogens is 1. The summed E-state index contributed by atoms with van der Waals surface area (Å²) in [5, 5.41) is 5.01. The van der Waals surface area contributed by atoms with E-state index in [1.54, 1.807) is 16.3 Å². The zero-order chi connectivity index (χ0) is 18.5. The van der Waals surface area contributed by atoms with Gasteiger partial charge in [-0.25, -0.2) is 15.0 Å². The van der Waals surface area contributed by atoms with E-state index in [9.17, 15) is 4.79 Å². The molecule has 0 amide bonds. The number of pyridine rings is 1.